The molecule has 1 amide bonds. The molecule has 1 aromatic heterocycles. The van der Waals surface area contributed by atoms with Crippen LogP contribution in [0.5, 0.6) is 5.75 Å². The summed E-state index contributed by atoms with van der Waals surface area (Å²) in [5.74, 6) is -1.32. The molecule has 11 heteroatoms. The Morgan fingerprint density at radius 2 is 1.71 bits per heavy atom. The Labute approximate surface area is 254 Å². The predicted molar refractivity (Wildman–Crippen MR) is 157 cm³/mol. The van der Waals surface area contributed by atoms with Gasteiger partial charge in [0.1, 0.15) is 16.5 Å². The van der Waals surface area contributed by atoms with E-state index in [4.69, 9.17) is 16.3 Å². The minimum Gasteiger partial charge on any atom is -0.459 e. The largest absolute Gasteiger partial charge is 0.573 e. The zero-order valence-corrected chi connectivity index (χ0v) is 25.8. The highest BCUT2D eigenvalue weighted by molar-refractivity contribution is 9.10. The first-order valence-electron chi connectivity index (χ1n) is 13.4. The number of esters is 1. The van der Waals surface area contributed by atoms with Gasteiger partial charge in [-0.15, -0.1) is 13.2 Å². The van der Waals surface area contributed by atoms with Crippen LogP contribution in [-0.2, 0) is 9.53 Å². The van der Waals surface area contributed by atoms with E-state index in [-0.39, 0.29) is 10.7 Å². The van der Waals surface area contributed by atoms with Gasteiger partial charge in [-0.05, 0) is 88.8 Å². The standard InChI is InChI=1S/C31H29BrClF3N2O4/c1-17-24(20-15-18(32)9-10-22(20)37-25(17)33)26(39)38-30-13-11-29(12-14-30,27(40)42-28(2,3)4)16-21(30)19-7-5-6-8-23(19)41-31(34,35)36/h5-10,15-16H,11-14H2,1-4H3,(H,38,39). The third-order valence-electron chi connectivity index (χ3n) is 7.85. The molecule has 6 nitrogen and oxygen atoms in total. The molecule has 2 aromatic carbocycles. The van der Waals surface area contributed by atoms with Gasteiger partial charge in [0.2, 0.25) is 0 Å². The van der Waals surface area contributed by atoms with Gasteiger partial charge in [0.25, 0.3) is 5.91 Å². The van der Waals surface area contributed by atoms with Crippen molar-refractivity contribution < 1.29 is 32.2 Å². The molecule has 0 unspecified atom stereocenters. The quantitative estimate of drug-likeness (QED) is 0.219. The van der Waals surface area contributed by atoms with Crippen LogP contribution in [0.15, 0.2) is 53.0 Å². The van der Waals surface area contributed by atoms with E-state index in [0.29, 0.717) is 53.3 Å². The Bertz CT molecular complexity index is 1620. The number of rotatable bonds is 5. The second-order valence-corrected chi connectivity index (χ2v) is 13.1. The number of halogens is 5. The van der Waals surface area contributed by atoms with Crippen LogP contribution in [0.1, 0.15) is 67.9 Å². The Hall–Kier alpha value is -3.11. The molecule has 3 aliphatic carbocycles. The number of ether oxygens (including phenoxy) is 2. The summed E-state index contributed by atoms with van der Waals surface area (Å²) in [5.41, 5.74) is -1.09. The Morgan fingerprint density at radius 3 is 2.36 bits per heavy atom. The minimum atomic E-state index is -4.94. The molecule has 0 radical (unpaired) electrons. The number of nitrogens with zero attached hydrogens (tertiary/aromatic N) is 1. The summed E-state index contributed by atoms with van der Waals surface area (Å²) in [6.45, 7) is 6.99. The number of carbonyl (C=O) groups is 2. The smallest absolute Gasteiger partial charge is 0.459 e. The molecule has 0 atom stereocenters. The maximum atomic E-state index is 14.1. The lowest BCUT2D eigenvalue weighted by Gasteiger charge is -2.52. The highest BCUT2D eigenvalue weighted by atomic mass is 79.9. The average Bonchev–Trinajstić information content (AvgIpc) is 2.88. The molecular formula is C31H29BrClF3N2O4. The lowest BCUT2D eigenvalue weighted by Crippen LogP contribution is -2.58. The van der Waals surface area contributed by atoms with Gasteiger partial charge >= 0.3 is 12.3 Å². The molecule has 0 aliphatic heterocycles. The van der Waals surface area contributed by atoms with Crippen molar-refractivity contribution >= 4 is 55.9 Å². The lowest BCUT2D eigenvalue weighted by molar-refractivity contribution is -0.274. The first-order valence-corrected chi connectivity index (χ1v) is 14.6. The molecule has 1 heterocycles. The molecule has 1 N–H and O–H groups in total. The predicted octanol–water partition coefficient (Wildman–Crippen LogP) is 8.33. The molecule has 0 saturated heterocycles. The Balaban J connectivity index is 1.65. The fourth-order valence-corrected chi connectivity index (χ4v) is 6.44. The van der Waals surface area contributed by atoms with Crippen LogP contribution < -0.4 is 10.1 Å². The molecular weight excluding hydrogens is 637 g/mol. The molecule has 3 aliphatic rings. The van der Waals surface area contributed by atoms with Crippen molar-refractivity contribution in [2.75, 3.05) is 0 Å². The molecule has 222 valence electrons. The van der Waals surface area contributed by atoms with E-state index in [2.05, 4.69) is 31.0 Å². The first kappa shape index (κ1) is 30.4. The van der Waals surface area contributed by atoms with Gasteiger partial charge in [0, 0.05) is 15.4 Å². The second-order valence-electron chi connectivity index (χ2n) is 11.9. The van der Waals surface area contributed by atoms with Crippen LogP contribution >= 0.6 is 27.5 Å². The maximum absolute atomic E-state index is 14.1. The number of hydrogen-bond acceptors (Lipinski definition) is 5. The zero-order chi connectivity index (χ0) is 30.7. The fraction of sp³-hybridized carbons (Fsp3) is 0.387. The van der Waals surface area contributed by atoms with Crippen LogP contribution in [0.4, 0.5) is 13.2 Å². The number of fused-ring (bicyclic) bond motifs is 3. The van der Waals surface area contributed by atoms with E-state index < -0.39 is 40.5 Å². The molecule has 1 fully saturated rings. The van der Waals surface area contributed by atoms with E-state index in [9.17, 15) is 22.8 Å². The van der Waals surface area contributed by atoms with E-state index >= 15 is 0 Å². The molecule has 3 aromatic rings. The first-order chi connectivity index (χ1) is 19.5. The van der Waals surface area contributed by atoms with Crippen molar-refractivity contribution in [2.45, 2.75) is 70.9 Å². The van der Waals surface area contributed by atoms with Crippen LogP contribution in [-0.4, -0.2) is 34.4 Å². The van der Waals surface area contributed by atoms with Crippen molar-refractivity contribution in [3.8, 4) is 5.75 Å². The Kier molecular flexibility index (Phi) is 7.63. The topological polar surface area (TPSA) is 77.5 Å². The minimum absolute atomic E-state index is 0.138. The van der Waals surface area contributed by atoms with Crippen molar-refractivity contribution in [3.05, 3.63) is 74.9 Å². The van der Waals surface area contributed by atoms with Crippen molar-refractivity contribution in [3.63, 3.8) is 0 Å². The highest BCUT2D eigenvalue weighted by Crippen LogP contribution is 2.56. The molecule has 1 saturated carbocycles. The molecule has 42 heavy (non-hydrogen) atoms. The Morgan fingerprint density at radius 1 is 1.05 bits per heavy atom. The summed E-state index contributed by atoms with van der Waals surface area (Å²) in [6.07, 6.45) is -1.99. The van der Waals surface area contributed by atoms with E-state index in [0.717, 1.165) is 4.47 Å². The number of para-hydroxylation sites is 1. The number of alkyl halides is 3. The molecule has 0 spiro atoms. The zero-order valence-electron chi connectivity index (χ0n) is 23.4. The summed E-state index contributed by atoms with van der Waals surface area (Å²) in [6, 6.07) is 11.1. The fourth-order valence-electron chi connectivity index (χ4n) is 5.90. The van der Waals surface area contributed by atoms with E-state index in [1.807, 2.05) is 0 Å². The summed E-state index contributed by atoms with van der Waals surface area (Å²) in [7, 11) is 0. The summed E-state index contributed by atoms with van der Waals surface area (Å²) < 4.78 is 51.2. The number of aromatic nitrogens is 1. The van der Waals surface area contributed by atoms with Crippen molar-refractivity contribution in [1.29, 1.82) is 0 Å². The number of pyridine rings is 1. The van der Waals surface area contributed by atoms with Crippen LogP contribution in [0.25, 0.3) is 16.5 Å². The van der Waals surface area contributed by atoms with Crippen LogP contribution in [0.2, 0.25) is 5.15 Å². The van der Waals surface area contributed by atoms with Gasteiger partial charge in [0.15, 0.2) is 0 Å². The number of amides is 1. The van der Waals surface area contributed by atoms with Gasteiger partial charge in [-0.3, -0.25) is 9.59 Å². The molecule has 6 rings (SSSR count). The lowest BCUT2D eigenvalue weighted by atomic mass is 9.57. The van der Waals surface area contributed by atoms with E-state index in [1.165, 1.54) is 18.2 Å². The van der Waals surface area contributed by atoms with Crippen molar-refractivity contribution in [1.82, 2.24) is 10.3 Å². The van der Waals surface area contributed by atoms with Crippen LogP contribution in [0.3, 0.4) is 0 Å². The number of benzene rings is 2. The highest BCUT2D eigenvalue weighted by Gasteiger charge is 2.55. The summed E-state index contributed by atoms with van der Waals surface area (Å²) >= 11 is 9.87. The van der Waals surface area contributed by atoms with Crippen LogP contribution in [0, 0.1) is 12.3 Å². The third kappa shape index (κ3) is 5.75. The SMILES string of the molecule is Cc1c(Cl)nc2ccc(Br)cc2c1C(=O)NC12CCC(C(=O)OC(C)(C)C)(C=C1c1ccccc1OC(F)(F)F)CC2. The van der Waals surface area contributed by atoms with Gasteiger partial charge in [0.05, 0.1) is 22.0 Å². The van der Waals surface area contributed by atoms with Gasteiger partial charge in [-0.25, -0.2) is 4.98 Å². The molecule has 2 bridgehead atoms. The van der Waals surface area contributed by atoms with Gasteiger partial charge in [-0.1, -0.05) is 51.8 Å². The summed E-state index contributed by atoms with van der Waals surface area (Å²) in [5, 5.41) is 3.90. The third-order valence-corrected chi connectivity index (χ3v) is 8.71. The van der Waals surface area contributed by atoms with Gasteiger partial charge < -0.3 is 14.8 Å². The summed E-state index contributed by atoms with van der Waals surface area (Å²) in [4.78, 5) is 32.0. The maximum Gasteiger partial charge on any atom is 0.573 e. The number of hydrogen-bond donors (Lipinski definition) is 1. The number of carbonyl (C=O) groups excluding carboxylic acids is 2. The second kappa shape index (κ2) is 10.6. The number of nitrogens with one attached hydrogen (secondary N) is 1. The van der Waals surface area contributed by atoms with E-state index in [1.54, 1.807) is 58.0 Å². The van der Waals surface area contributed by atoms with Crippen molar-refractivity contribution in [2.24, 2.45) is 5.41 Å². The monoisotopic (exact) mass is 664 g/mol. The normalized spacial score (nSPS) is 22.1. The van der Waals surface area contributed by atoms with Gasteiger partial charge in [-0.2, -0.15) is 0 Å². The average molecular weight is 666 g/mol.